The number of hydrogen-bond donors (Lipinski definition) is 0. The summed E-state index contributed by atoms with van der Waals surface area (Å²) in [7, 11) is 0. The van der Waals surface area contributed by atoms with Gasteiger partial charge in [0.1, 0.15) is 5.60 Å². The molecule has 2 fully saturated rings. The summed E-state index contributed by atoms with van der Waals surface area (Å²) in [5, 5.41) is 8.36. The van der Waals surface area contributed by atoms with Crippen molar-refractivity contribution in [1.82, 2.24) is 24.8 Å². The van der Waals surface area contributed by atoms with Gasteiger partial charge in [-0.25, -0.2) is 4.79 Å². The lowest BCUT2D eigenvalue weighted by atomic mass is 9.87. The predicted octanol–water partition coefficient (Wildman–Crippen LogP) is 3.13. The summed E-state index contributed by atoms with van der Waals surface area (Å²) in [6, 6.07) is 7.44. The molecule has 0 spiro atoms. The Morgan fingerprint density at radius 2 is 1.80 bits per heavy atom. The Hall–Kier alpha value is -2.90. The highest BCUT2D eigenvalue weighted by Gasteiger charge is 2.45. The van der Waals surface area contributed by atoms with Crippen LogP contribution in [0.15, 0.2) is 36.7 Å². The average Bonchev–Trinajstić information content (AvgIpc) is 3.35. The van der Waals surface area contributed by atoms with E-state index in [1.807, 2.05) is 48.8 Å². The first kappa shape index (κ1) is 20.4. The third-order valence-corrected chi connectivity index (χ3v) is 5.90. The molecule has 0 bridgehead atoms. The maximum absolute atomic E-state index is 13.5. The topological polar surface area (TPSA) is 80.6 Å². The fourth-order valence-corrected chi connectivity index (χ4v) is 4.54. The number of likely N-dealkylation sites (tertiary alicyclic amines) is 2. The SMILES string of the molecule is CC1CC2CCN(C(=O)OC(C)(C)C)C2CN1C(=O)c1ccccc1-n1nccn1. The van der Waals surface area contributed by atoms with Crippen molar-refractivity contribution in [2.24, 2.45) is 5.92 Å². The van der Waals surface area contributed by atoms with E-state index in [4.69, 9.17) is 4.74 Å². The number of piperidine rings is 1. The molecule has 2 amide bonds. The highest BCUT2D eigenvalue weighted by molar-refractivity contribution is 5.98. The van der Waals surface area contributed by atoms with Crippen molar-refractivity contribution < 1.29 is 14.3 Å². The minimum atomic E-state index is -0.539. The first-order chi connectivity index (χ1) is 14.2. The molecule has 0 radical (unpaired) electrons. The maximum Gasteiger partial charge on any atom is 0.410 e. The zero-order valence-corrected chi connectivity index (χ0v) is 18.0. The Balaban J connectivity index is 1.57. The molecule has 2 saturated heterocycles. The molecule has 2 aliphatic rings. The van der Waals surface area contributed by atoms with Crippen molar-refractivity contribution in [2.75, 3.05) is 13.1 Å². The smallest absolute Gasteiger partial charge is 0.410 e. The van der Waals surface area contributed by atoms with E-state index in [1.165, 1.54) is 4.80 Å². The minimum Gasteiger partial charge on any atom is -0.444 e. The molecule has 0 N–H and O–H groups in total. The first-order valence-electron chi connectivity index (χ1n) is 10.5. The standard InChI is InChI=1S/C22H29N5O3/c1-15-13-16-9-12-25(21(29)30-22(2,3)4)19(16)14-26(15)20(28)17-7-5-6-8-18(17)27-23-10-11-24-27/h5-8,10-11,15-16,19H,9,12-14H2,1-4H3. The molecule has 2 aliphatic heterocycles. The molecule has 3 unspecified atom stereocenters. The van der Waals surface area contributed by atoms with Crippen LogP contribution < -0.4 is 0 Å². The molecule has 160 valence electrons. The fraction of sp³-hybridized carbons (Fsp3) is 0.545. The number of carbonyl (C=O) groups excluding carboxylic acids is 2. The Bertz CT molecular complexity index is 921. The van der Waals surface area contributed by atoms with Crippen molar-refractivity contribution >= 4 is 12.0 Å². The van der Waals surface area contributed by atoms with Crippen LogP contribution in [0.25, 0.3) is 5.69 Å². The first-order valence-corrected chi connectivity index (χ1v) is 10.5. The summed E-state index contributed by atoms with van der Waals surface area (Å²) in [5.74, 6) is 0.324. The normalized spacial score (nSPS) is 23.9. The van der Waals surface area contributed by atoms with E-state index in [-0.39, 0.29) is 24.1 Å². The van der Waals surface area contributed by atoms with E-state index in [0.29, 0.717) is 30.3 Å². The van der Waals surface area contributed by atoms with E-state index >= 15 is 0 Å². The number of carbonyl (C=O) groups is 2. The fourth-order valence-electron chi connectivity index (χ4n) is 4.54. The quantitative estimate of drug-likeness (QED) is 0.758. The van der Waals surface area contributed by atoms with Crippen LogP contribution in [0.4, 0.5) is 4.79 Å². The second-order valence-corrected chi connectivity index (χ2v) is 9.17. The predicted molar refractivity (Wildman–Crippen MR) is 111 cm³/mol. The number of fused-ring (bicyclic) bond motifs is 1. The van der Waals surface area contributed by atoms with Crippen molar-refractivity contribution in [3.05, 3.63) is 42.2 Å². The number of amides is 2. The molecule has 8 heteroatoms. The molecular weight excluding hydrogens is 382 g/mol. The number of ether oxygens (including phenoxy) is 1. The van der Waals surface area contributed by atoms with Gasteiger partial charge in [0, 0.05) is 19.1 Å². The number of nitrogens with zero attached hydrogens (tertiary/aromatic N) is 5. The van der Waals surface area contributed by atoms with Gasteiger partial charge in [-0.2, -0.15) is 15.0 Å². The molecule has 30 heavy (non-hydrogen) atoms. The van der Waals surface area contributed by atoms with E-state index in [9.17, 15) is 9.59 Å². The van der Waals surface area contributed by atoms with Gasteiger partial charge in [0.05, 0.1) is 29.7 Å². The van der Waals surface area contributed by atoms with Crippen LogP contribution >= 0.6 is 0 Å². The largest absolute Gasteiger partial charge is 0.444 e. The number of benzene rings is 1. The van der Waals surface area contributed by atoms with Gasteiger partial charge in [-0.05, 0) is 58.6 Å². The summed E-state index contributed by atoms with van der Waals surface area (Å²) in [4.78, 5) is 31.4. The second kappa shape index (κ2) is 7.74. The maximum atomic E-state index is 13.5. The van der Waals surface area contributed by atoms with E-state index in [1.54, 1.807) is 18.5 Å². The van der Waals surface area contributed by atoms with Crippen LogP contribution in [-0.4, -0.2) is 67.6 Å². The van der Waals surface area contributed by atoms with Crippen LogP contribution in [0, 0.1) is 5.92 Å². The number of aromatic nitrogens is 3. The van der Waals surface area contributed by atoms with Gasteiger partial charge in [-0.3, -0.25) is 4.79 Å². The van der Waals surface area contributed by atoms with Crippen LogP contribution in [-0.2, 0) is 4.74 Å². The summed E-state index contributed by atoms with van der Waals surface area (Å²) in [5.41, 5.74) is 0.667. The Morgan fingerprint density at radius 3 is 2.50 bits per heavy atom. The van der Waals surface area contributed by atoms with Gasteiger partial charge in [0.2, 0.25) is 0 Å². The van der Waals surface area contributed by atoms with Crippen LogP contribution in [0.1, 0.15) is 50.9 Å². The third-order valence-electron chi connectivity index (χ3n) is 5.90. The lowest BCUT2D eigenvalue weighted by Crippen LogP contribution is -2.55. The number of rotatable bonds is 2. The second-order valence-electron chi connectivity index (χ2n) is 9.17. The van der Waals surface area contributed by atoms with Crippen molar-refractivity contribution in [2.45, 2.75) is 58.2 Å². The lowest BCUT2D eigenvalue weighted by molar-refractivity contribution is 0.00712. The van der Waals surface area contributed by atoms with Crippen molar-refractivity contribution in [3.8, 4) is 5.69 Å². The average molecular weight is 412 g/mol. The van der Waals surface area contributed by atoms with E-state index < -0.39 is 5.60 Å². The molecule has 3 atom stereocenters. The van der Waals surface area contributed by atoms with E-state index in [2.05, 4.69) is 17.1 Å². The van der Waals surface area contributed by atoms with Gasteiger partial charge in [0.25, 0.3) is 5.91 Å². The van der Waals surface area contributed by atoms with Gasteiger partial charge in [-0.15, -0.1) is 0 Å². The molecule has 1 aromatic carbocycles. The molecule has 1 aromatic heterocycles. The van der Waals surface area contributed by atoms with Crippen LogP contribution in [0.3, 0.4) is 0 Å². The number of hydrogen-bond acceptors (Lipinski definition) is 5. The number of para-hydroxylation sites is 1. The van der Waals surface area contributed by atoms with Gasteiger partial charge in [-0.1, -0.05) is 12.1 Å². The van der Waals surface area contributed by atoms with Gasteiger partial charge >= 0.3 is 6.09 Å². The summed E-state index contributed by atoms with van der Waals surface area (Å²) >= 11 is 0. The molecule has 3 heterocycles. The van der Waals surface area contributed by atoms with Crippen molar-refractivity contribution in [1.29, 1.82) is 0 Å². The summed E-state index contributed by atoms with van der Waals surface area (Å²) in [6.07, 6.45) is 4.71. The monoisotopic (exact) mass is 411 g/mol. The van der Waals surface area contributed by atoms with Gasteiger partial charge in [0.15, 0.2) is 0 Å². The van der Waals surface area contributed by atoms with E-state index in [0.717, 1.165) is 12.8 Å². The van der Waals surface area contributed by atoms with Crippen LogP contribution in [0.2, 0.25) is 0 Å². The summed E-state index contributed by atoms with van der Waals surface area (Å²) in [6.45, 7) is 8.88. The highest BCUT2D eigenvalue weighted by atomic mass is 16.6. The zero-order chi connectivity index (χ0) is 21.5. The van der Waals surface area contributed by atoms with Gasteiger partial charge < -0.3 is 14.5 Å². The molecule has 4 rings (SSSR count). The molecule has 0 saturated carbocycles. The molecule has 2 aromatic rings. The zero-order valence-electron chi connectivity index (χ0n) is 18.0. The Morgan fingerprint density at radius 1 is 1.10 bits per heavy atom. The lowest BCUT2D eigenvalue weighted by Gasteiger charge is -2.42. The summed E-state index contributed by atoms with van der Waals surface area (Å²) < 4.78 is 5.61. The molecule has 8 nitrogen and oxygen atoms in total. The third kappa shape index (κ3) is 3.91. The minimum absolute atomic E-state index is 0.0185. The van der Waals surface area contributed by atoms with Crippen LogP contribution in [0.5, 0.6) is 0 Å². The molecule has 0 aliphatic carbocycles. The highest BCUT2D eigenvalue weighted by Crippen LogP contribution is 2.36. The molecular formula is C22H29N5O3. The Kier molecular flexibility index (Phi) is 5.26. The van der Waals surface area contributed by atoms with Crippen molar-refractivity contribution in [3.63, 3.8) is 0 Å². The Labute approximate surface area is 176 Å².